The number of amides is 1. The molecule has 0 radical (unpaired) electrons. The molecule has 1 aromatic heterocycles. The van der Waals surface area contributed by atoms with Crippen molar-refractivity contribution in [3.63, 3.8) is 0 Å². The standard InChI is InChI=1S/C11H16N2O3/c1-2-10(14)9(13-11(15)16)7-8-3-5-12-6-4-8/h3-6,9-10,13-14H,2,7H2,1H3,(H,15,16)/t9-,10?/m1/s1. The highest BCUT2D eigenvalue weighted by atomic mass is 16.4. The fourth-order valence-electron chi connectivity index (χ4n) is 1.50. The van der Waals surface area contributed by atoms with E-state index in [9.17, 15) is 9.90 Å². The van der Waals surface area contributed by atoms with Gasteiger partial charge >= 0.3 is 6.09 Å². The van der Waals surface area contributed by atoms with Gasteiger partial charge in [-0.1, -0.05) is 6.92 Å². The van der Waals surface area contributed by atoms with Crippen LogP contribution < -0.4 is 5.32 Å². The maximum Gasteiger partial charge on any atom is 0.404 e. The van der Waals surface area contributed by atoms with E-state index in [1.165, 1.54) is 0 Å². The molecule has 1 amide bonds. The smallest absolute Gasteiger partial charge is 0.404 e. The third kappa shape index (κ3) is 3.86. The number of pyridine rings is 1. The number of hydrogen-bond donors (Lipinski definition) is 3. The molecule has 0 spiro atoms. The number of hydrogen-bond acceptors (Lipinski definition) is 3. The van der Waals surface area contributed by atoms with Crippen LogP contribution in [0.5, 0.6) is 0 Å². The van der Waals surface area contributed by atoms with Crippen molar-refractivity contribution in [2.24, 2.45) is 0 Å². The zero-order valence-corrected chi connectivity index (χ0v) is 9.13. The van der Waals surface area contributed by atoms with Crippen LogP contribution >= 0.6 is 0 Å². The van der Waals surface area contributed by atoms with E-state index < -0.39 is 18.2 Å². The normalized spacial score (nSPS) is 14.1. The molecular formula is C11H16N2O3. The van der Waals surface area contributed by atoms with E-state index in [0.717, 1.165) is 5.56 Å². The molecule has 0 fully saturated rings. The van der Waals surface area contributed by atoms with Crippen molar-refractivity contribution in [3.05, 3.63) is 30.1 Å². The van der Waals surface area contributed by atoms with Crippen LogP contribution in [-0.2, 0) is 6.42 Å². The van der Waals surface area contributed by atoms with Gasteiger partial charge in [0.15, 0.2) is 0 Å². The van der Waals surface area contributed by atoms with Crippen molar-refractivity contribution in [2.45, 2.75) is 31.9 Å². The quantitative estimate of drug-likeness (QED) is 0.697. The van der Waals surface area contributed by atoms with Crippen molar-refractivity contribution in [1.29, 1.82) is 0 Å². The fraction of sp³-hybridized carbons (Fsp3) is 0.455. The molecule has 0 aromatic carbocycles. The maximum absolute atomic E-state index is 10.6. The largest absolute Gasteiger partial charge is 0.465 e. The van der Waals surface area contributed by atoms with Crippen LogP contribution in [0.2, 0.25) is 0 Å². The molecule has 16 heavy (non-hydrogen) atoms. The highest BCUT2D eigenvalue weighted by molar-refractivity contribution is 5.65. The SMILES string of the molecule is CCC(O)[C@@H](Cc1ccncc1)NC(=O)O. The van der Waals surface area contributed by atoms with Gasteiger partial charge in [-0.3, -0.25) is 4.98 Å². The molecule has 0 aliphatic carbocycles. The van der Waals surface area contributed by atoms with E-state index in [-0.39, 0.29) is 0 Å². The number of rotatable bonds is 5. The van der Waals surface area contributed by atoms with Gasteiger partial charge < -0.3 is 15.5 Å². The van der Waals surface area contributed by atoms with Gasteiger partial charge in [-0.05, 0) is 30.5 Å². The van der Waals surface area contributed by atoms with Gasteiger partial charge in [0.05, 0.1) is 12.1 Å². The summed E-state index contributed by atoms with van der Waals surface area (Å²) >= 11 is 0. The van der Waals surface area contributed by atoms with Crippen molar-refractivity contribution < 1.29 is 15.0 Å². The summed E-state index contributed by atoms with van der Waals surface area (Å²) in [7, 11) is 0. The summed E-state index contributed by atoms with van der Waals surface area (Å²) in [5.41, 5.74) is 0.946. The Bertz CT molecular complexity index is 329. The first-order valence-electron chi connectivity index (χ1n) is 5.20. The molecule has 1 heterocycles. The minimum atomic E-state index is -1.12. The Morgan fingerprint density at radius 3 is 2.62 bits per heavy atom. The van der Waals surface area contributed by atoms with Crippen LogP contribution in [0.15, 0.2) is 24.5 Å². The lowest BCUT2D eigenvalue weighted by Crippen LogP contribution is -2.44. The second-order valence-electron chi connectivity index (χ2n) is 3.59. The van der Waals surface area contributed by atoms with Crippen molar-refractivity contribution >= 4 is 6.09 Å². The summed E-state index contributed by atoms with van der Waals surface area (Å²) in [6.45, 7) is 1.81. The molecule has 0 aliphatic rings. The van der Waals surface area contributed by atoms with Crippen LogP contribution in [0.4, 0.5) is 4.79 Å². The van der Waals surface area contributed by atoms with E-state index in [1.54, 1.807) is 24.5 Å². The minimum Gasteiger partial charge on any atom is -0.465 e. The zero-order valence-electron chi connectivity index (χ0n) is 9.13. The van der Waals surface area contributed by atoms with Crippen molar-refractivity contribution in [3.8, 4) is 0 Å². The van der Waals surface area contributed by atoms with E-state index in [4.69, 9.17) is 5.11 Å². The number of carbonyl (C=O) groups is 1. The Morgan fingerprint density at radius 1 is 1.50 bits per heavy atom. The van der Waals surface area contributed by atoms with Gasteiger partial charge in [0.1, 0.15) is 0 Å². The second kappa shape index (κ2) is 6.07. The molecule has 0 aliphatic heterocycles. The lowest BCUT2D eigenvalue weighted by Gasteiger charge is -2.21. The number of aliphatic hydroxyl groups excluding tert-OH is 1. The van der Waals surface area contributed by atoms with E-state index >= 15 is 0 Å². The second-order valence-corrected chi connectivity index (χ2v) is 3.59. The lowest BCUT2D eigenvalue weighted by molar-refractivity contribution is 0.116. The number of carboxylic acid groups (broad SMARTS) is 1. The van der Waals surface area contributed by atoms with Gasteiger partial charge in [0.25, 0.3) is 0 Å². The first-order valence-corrected chi connectivity index (χ1v) is 5.20. The van der Waals surface area contributed by atoms with Crippen LogP contribution in [0.3, 0.4) is 0 Å². The Morgan fingerprint density at radius 2 is 2.12 bits per heavy atom. The summed E-state index contributed by atoms with van der Waals surface area (Å²) in [5.74, 6) is 0. The molecule has 0 saturated carbocycles. The first-order chi connectivity index (χ1) is 7.63. The van der Waals surface area contributed by atoms with Crippen molar-refractivity contribution in [2.75, 3.05) is 0 Å². The molecular weight excluding hydrogens is 208 g/mol. The van der Waals surface area contributed by atoms with Crippen molar-refractivity contribution in [1.82, 2.24) is 10.3 Å². The third-order valence-electron chi connectivity index (χ3n) is 2.40. The zero-order chi connectivity index (χ0) is 12.0. The summed E-state index contributed by atoms with van der Waals surface area (Å²) in [5, 5.41) is 20.7. The molecule has 1 rings (SSSR count). The molecule has 5 heteroatoms. The molecule has 1 unspecified atom stereocenters. The van der Waals surface area contributed by atoms with Crippen LogP contribution in [0.1, 0.15) is 18.9 Å². The molecule has 1 aromatic rings. The van der Waals surface area contributed by atoms with Gasteiger partial charge in [-0.2, -0.15) is 0 Å². The van der Waals surface area contributed by atoms with Gasteiger partial charge in [-0.25, -0.2) is 4.79 Å². The predicted octanol–water partition coefficient (Wildman–Crippen LogP) is 1.03. The van der Waals surface area contributed by atoms with E-state index in [0.29, 0.717) is 12.8 Å². The number of aliphatic hydroxyl groups is 1. The molecule has 2 atom stereocenters. The summed E-state index contributed by atoms with van der Waals surface area (Å²) in [6.07, 6.45) is 2.47. The number of nitrogens with zero attached hydrogens (tertiary/aromatic N) is 1. The van der Waals surface area contributed by atoms with E-state index in [2.05, 4.69) is 10.3 Å². The van der Waals surface area contributed by atoms with E-state index in [1.807, 2.05) is 6.92 Å². The Hall–Kier alpha value is -1.62. The monoisotopic (exact) mass is 224 g/mol. The summed E-state index contributed by atoms with van der Waals surface area (Å²) in [4.78, 5) is 14.5. The maximum atomic E-state index is 10.6. The summed E-state index contributed by atoms with van der Waals surface area (Å²) in [6, 6.07) is 3.13. The average Bonchev–Trinajstić information content (AvgIpc) is 2.28. The number of aromatic nitrogens is 1. The highest BCUT2D eigenvalue weighted by Crippen LogP contribution is 2.07. The van der Waals surface area contributed by atoms with Crippen LogP contribution in [-0.4, -0.2) is 33.4 Å². The molecule has 0 bridgehead atoms. The molecule has 0 saturated heterocycles. The van der Waals surface area contributed by atoms with Gasteiger partial charge in [-0.15, -0.1) is 0 Å². The molecule has 5 nitrogen and oxygen atoms in total. The summed E-state index contributed by atoms with van der Waals surface area (Å²) < 4.78 is 0. The van der Waals surface area contributed by atoms with Gasteiger partial charge in [0, 0.05) is 12.4 Å². The lowest BCUT2D eigenvalue weighted by atomic mass is 10.0. The number of nitrogens with one attached hydrogen (secondary N) is 1. The predicted molar refractivity (Wildman–Crippen MR) is 59.2 cm³/mol. The molecule has 3 N–H and O–H groups in total. The Balaban J connectivity index is 2.67. The average molecular weight is 224 g/mol. The van der Waals surface area contributed by atoms with Crippen LogP contribution in [0.25, 0.3) is 0 Å². The Labute approximate surface area is 94.1 Å². The minimum absolute atomic E-state index is 0.462. The molecule has 88 valence electrons. The first kappa shape index (κ1) is 12.4. The highest BCUT2D eigenvalue weighted by Gasteiger charge is 2.19. The van der Waals surface area contributed by atoms with Gasteiger partial charge in [0.2, 0.25) is 0 Å². The van der Waals surface area contributed by atoms with Crippen LogP contribution in [0, 0.1) is 0 Å². The Kier molecular flexibility index (Phi) is 4.72. The topological polar surface area (TPSA) is 82.5 Å². The fourth-order valence-corrected chi connectivity index (χ4v) is 1.50. The third-order valence-corrected chi connectivity index (χ3v) is 2.40.